The summed E-state index contributed by atoms with van der Waals surface area (Å²) < 4.78 is 0.740. The highest BCUT2D eigenvalue weighted by Crippen LogP contribution is 2.25. The molecule has 0 saturated carbocycles. The molecule has 1 amide bonds. The Morgan fingerprint density at radius 3 is 2.80 bits per heavy atom. The van der Waals surface area contributed by atoms with Crippen LogP contribution in [0.5, 0.6) is 0 Å². The summed E-state index contributed by atoms with van der Waals surface area (Å²) in [5.41, 5.74) is 6.78. The second kappa shape index (κ2) is 3.41. The number of aromatic amines is 1. The first-order valence-corrected chi connectivity index (χ1v) is 4.93. The highest BCUT2D eigenvalue weighted by atomic mass is 79.9. The topological polar surface area (TPSA) is 82.7 Å². The van der Waals surface area contributed by atoms with Crippen molar-refractivity contribution in [3.05, 3.63) is 33.9 Å². The number of fused-ring (bicyclic) bond motifs is 1. The molecule has 0 atom stereocenters. The van der Waals surface area contributed by atoms with Crippen molar-refractivity contribution in [1.29, 1.82) is 5.26 Å². The van der Waals surface area contributed by atoms with Crippen LogP contribution in [0.15, 0.2) is 22.7 Å². The van der Waals surface area contributed by atoms with Gasteiger partial charge >= 0.3 is 0 Å². The lowest BCUT2D eigenvalue weighted by molar-refractivity contribution is 0.0996. The zero-order valence-electron chi connectivity index (χ0n) is 7.54. The quantitative estimate of drug-likeness (QED) is 0.824. The molecule has 0 fully saturated rings. The van der Waals surface area contributed by atoms with E-state index >= 15 is 0 Å². The number of halogens is 1. The Morgan fingerprint density at radius 1 is 1.47 bits per heavy atom. The zero-order valence-corrected chi connectivity index (χ0v) is 9.13. The first-order chi connectivity index (χ1) is 7.11. The lowest BCUT2D eigenvalue weighted by atomic mass is 10.2. The van der Waals surface area contributed by atoms with Gasteiger partial charge in [0.05, 0.1) is 17.1 Å². The van der Waals surface area contributed by atoms with E-state index in [-0.39, 0.29) is 0 Å². The van der Waals surface area contributed by atoms with Gasteiger partial charge in [-0.15, -0.1) is 0 Å². The second-order valence-electron chi connectivity index (χ2n) is 3.08. The van der Waals surface area contributed by atoms with Crippen molar-refractivity contribution in [2.75, 3.05) is 0 Å². The smallest absolute Gasteiger partial charge is 0.265 e. The van der Waals surface area contributed by atoms with Gasteiger partial charge in [0.2, 0.25) is 0 Å². The summed E-state index contributed by atoms with van der Waals surface area (Å²) >= 11 is 3.32. The van der Waals surface area contributed by atoms with Crippen LogP contribution in [0.25, 0.3) is 10.9 Å². The molecule has 15 heavy (non-hydrogen) atoms. The monoisotopic (exact) mass is 263 g/mol. The highest BCUT2D eigenvalue weighted by molar-refractivity contribution is 9.10. The van der Waals surface area contributed by atoms with E-state index in [1.54, 1.807) is 18.2 Å². The second-order valence-corrected chi connectivity index (χ2v) is 3.94. The van der Waals surface area contributed by atoms with E-state index in [0.29, 0.717) is 11.3 Å². The van der Waals surface area contributed by atoms with Gasteiger partial charge in [-0.2, -0.15) is 5.26 Å². The molecule has 1 aromatic carbocycles. The van der Waals surface area contributed by atoms with E-state index in [2.05, 4.69) is 20.9 Å². The van der Waals surface area contributed by atoms with Crippen molar-refractivity contribution in [2.24, 2.45) is 5.73 Å². The molecule has 0 unspecified atom stereocenters. The van der Waals surface area contributed by atoms with E-state index in [0.717, 1.165) is 15.4 Å². The number of nitrogens with one attached hydrogen (secondary N) is 1. The van der Waals surface area contributed by atoms with Crippen LogP contribution in [0, 0.1) is 11.3 Å². The number of carbonyl (C=O) groups excluding carboxylic acids is 1. The normalized spacial score (nSPS) is 10.1. The Kier molecular flexibility index (Phi) is 2.21. The fourth-order valence-corrected chi connectivity index (χ4v) is 1.97. The van der Waals surface area contributed by atoms with Crippen LogP contribution in [0.1, 0.15) is 16.1 Å². The molecule has 0 aliphatic heterocycles. The number of amides is 1. The van der Waals surface area contributed by atoms with Gasteiger partial charge in [-0.05, 0) is 34.1 Å². The average Bonchev–Trinajstić information content (AvgIpc) is 2.61. The van der Waals surface area contributed by atoms with E-state index in [1.807, 2.05) is 6.07 Å². The van der Waals surface area contributed by atoms with Gasteiger partial charge in [-0.3, -0.25) is 4.79 Å². The number of rotatable bonds is 1. The average molecular weight is 264 g/mol. The molecule has 4 nitrogen and oxygen atoms in total. The number of nitrogens with two attached hydrogens (primary N) is 1. The number of H-pyrrole nitrogens is 1. The third-order valence-corrected chi connectivity index (χ3v) is 2.70. The molecule has 0 aliphatic rings. The summed E-state index contributed by atoms with van der Waals surface area (Å²) in [5.74, 6) is -0.517. The van der Waals surface area contributed by atoms with Crippen LogP contribution < -0.4 is 5.73 Å². The predicted molar refractivity (Wildman–Crippen MR) is 59.2 cm³/mol. The van der Waals surface area contributed by atoms with Crippen LogP contribution in [0.2, 0.25) is 0 Å². The van der Waals surface area contributed by atoms with E-state index < -0.39 is 5.91 Å². The van der Waals surface area contributed by atoms with Gasteiger partial charge in [-0.25, -0.2) is 0 Å². The number of hydrogen-bond donors (Lipinski definition) is 2. The molecular weight excluding hydrogens is 258 g/mol. The summed E-state index contributed by atoms with van der Waals surface area (Å²) in [6.45, 7) is 0. The van der Waals surface area contributed by atoms with Crippen molar-refractivity contribution >= 4 is 32.7 Å². The number of nitriles is 1. The summed E-state index contributed by atoms with van der Waals surface area (Å²) in [7, 11) is 0. The maximum atomic E-state index is 10.9. The molecule has 2 rings (SSSR count). The number of benzene rings is 1. The van der Waals surface area contributed by atoms with E-state index in [9.17, 15) is 4.79 Å². The molecule has 1 aromatic heterocycles. The van der Waals surface area contributed by atoms with Crippen molar-refractivity contribution in [1.82, 2.24) is 4.98 Å². The van der Waals surface area contributed by atoms with Gasteiger partial charge in [0.15, 0.2) is 0 Å². The fourth-order valence-electron chi connectivity index (χ4n) is 1.40. The molecule has 5 heteroatoms. The Balaban J connectivity index is 2.76. The zero-order chi connectivity index (χ0) is 11.0. The maximum Gasteiger partial charge on any atom is 0.265 e. The van der Waals surface area contributed by atoms with Crippen LogP contribution in [-0.2, 0) is 0 Å². The van der Waals surface area contributed by atoms with E-state index in [1.165, 1.54) is 0 Å². The number of nitrogens with zero attached hydrogens (tertiary/aromatic N) is 1. The van der Waals surface area contributed by atoms with Gasteiger partial charge in [0.1, 0.15) is 5.69 Å². The SMILES string of the molecule is N#Cc1cc(Br)c2[nH]c(C(N)=O)cc2c1. The Hall–Kier alpha value is -1.80. The highest BCUT2D eigenvalue weighted by Gasteiger charge is 2.09. The van der Waals surface area contributed by atoms with Crippen LogP contribution in [0.4, 0.5) is 0 Å². The van der Waals surface area contributed by atoms with Gasteiger partial charge < -0.3 is 10.7 Å². The Bertz CT molecular complexity index is 594. The molecule has 0 bridgehead atoms. The van der Waals surface area contributed by atoms with Crippen molar-refractivity contribution in [3.8, 4) is 6.07 Å². The number of aromatic nitrogens is 1. The molecule has 2 aromatic rings. The summed E-state index contributed by atoms with van der Waals surface area (Å²) in [6.07, 6.45) is 0. The molecule has 1 heterocycles. The lowest BCUT2D eigenvalue weighted by Gasteiger charge is -1.94. The minimum absolute atomic E-state index is 0.334. The largest absolute Gasteiger partial charge is 0.364 e. The van der Waals surface area contributed by atoms with Crippen molar-refractivity contribution < 1.29 is 4.79 Å². The number of hydrogen-bond acceptors (Lipinski definition) is 2. The van der Waals surface area contributed by atoms with Gasteiger partial charge in [0.25, 0.3) is 5.91 Å². The molecule has 0 radical (unpaired) electrons. The number of carbonyl (C=O) groups is 1. The summed E-state index contributed by atoms with van der Waals surface area (Å²) in [4.78, 5) is 13.8. The molecular formula is C10H6BrN3O. The van der Waals surface area contributed by atoms with Crippen LogP contribution >= 0.6 is 15.9 Å². The first kappa shape index (κ1) is 9.74. The number of primary amides is 1. The van der Waals surface area contributed by atoms with Crippen LogP contribution in [0.3, 0.4) is 0 Å². The third-order valence-electron chi connectivity index (χ3n) is 2.07. The molecule has 3 N–H and O–H groups in total. The molecule has 0 aliphatic carbocycles. The minimum Gasteiger partial charge on any atom is -0.364 e. The van der Waals surface area contributed by atoms with Gasteiger partial charge in [0, 0.05) is 9.86 Å². The van der Waals surface area contributed by atoms with Crippen LogP contribution in [-0.4, -0.2) is 10.9 Å². The fraction of sp³-hybridized carbons (Fsp3) is 0. The minimum atomic E-state index is -0.517. The van der Waals surface area contributed by atoms with Gasteiger partial charge in [-0.1, -0.05) is 0 Å². The maximum absolute atomic E-state index is 10.9. The molecule has 0 saturated heterocycles. The summed E-state index contributed by atoms with van der Waals surface area (Å²) in [5, 5.41) is 9.55. The predicted octanol–water partition coefficient (Wildman–Crippen LogP) is 1.90. The standard InChI is InChI=1S/C10H6BrN3O/c11-7-2-5(4-12)1-6-3-8(10(13)15)14-9(6)7/h1-3,14H,(H2,13,15). The Labute approximate surface area is 93.8 Å². The Morgan fingerprint density at radius 2 is 2.20 bits per heavy atom. The third kappa shape index (κ3) is 1.60. The molecule has 74 valence electrons. The first-order valence-electron chi connectivity index (χ1n) is 4.14. The molecule has 0 spiro atoms. The van der Waals surface area contributed by atoms with E-state index in [4.69, 9.17) is 11.0 Å². The lowest BCUT2D eigenvalue weighted by Crippen LogP contribution is -2.10. The summed E-state index contributed by atoms with van der Waals surface area (Å²) in [6, 6.07) is 7.05. The van der Waals surface area contributed by atoms with Crippen molar-refractivity contribution in [3.63, 3.8) is 0 Å². The van der Waals surface area contributed by atoms with Crippen molar-refractivity contribution in [2.45, 2.75) is 0 Å².